The molecule has 0 N–H and O–H groups in total. The van der Waals surface area contributed by atoms with E-state index in [2.05, 4.69) is 0 Å². The largest absolute Gasteiger partial charge is 0.218 e. The van der Waals surface area contributed by atoms with Crippen molar-refractivity contribution >= 4 is 33.0 Å². The Morgan fingerprint density at radius 2 is 1.56 bits per heavy atom. The van der Waals surface area contributed by atoms with Crippen molar-refractivity contribution in [1.82, 2.24) is 0 Å². The molecule has 0 aliphatic rings. The summed E-state index contributed by atoms with van der Waals surface area (Å²) in [6.45, 7) is 0. The van der Waals surface area contributed by atoms with Gasteiger partial charge in [0.05, 0.1) is 14.8 Å². The number of halogens is 3. The third kappa shape index (κ3) is 2.51. The summed E-state index contributed by atoms with van der Waals surface area (Å²) in [6.07, 6.45) is 0. The highest BCUT2D eigenvalue weighted by atomic mass is 35.5. The van der Waals surface area contributed by atoms with E-state index in [9.17, 15) is 12.8 Å². The molecule has 0 saturated heterocycles. The van der Waals surface area contributed by atoms with E-state index in [-0.39, 0.29) is 14.8 Å². The van der Waals surface area contributed by atoms with Crippen LogP contribution in [0.2, 0.25) is 10.0 Å². The summed E-state index contributed by atoms with van der Waals surface area (Å²) in [7, 11) is -3.76. The topological polar surface area (TPSA) is 34.1 Å². The van der Waals surface area contributed by atoms with Crippen molar-refractivity contribution in [2.24, 2.45) is 0 Å². The molecule has 0 atom stereocenters. The second-order valence-electron chi connectivity index (χ2n) is 3.53. The second-order valence-corrected chi connectivity index (χ2v) is 6.29. The Morgan fingerprint density at radius 1 is 0.944 bits per heavy atom. The highest BCUT2D eigenvalue weighted by Crippen LogP contribution is 2.29. The highest BCUT2D eigenvalue weighted by Gasteiger charge is 2.20. The molecule has 94 valence electrons. The lowest BCUT2D eigenvalue weighted by Crippen LogP contribution is -2.02. The fourth-order valence-electron chi connectivity index (χ4n) is 1.43. The molecule has 2 aromatic rings. The van der Waals surface area contributed by atoms with Gasteiger partial charge in [0.1, 0.15) is 5.82 Å². The molecule has 2 nitrogen and oxygen atoms in total. The molecular weight excluding hydrogens is 298 g/mol. The van der Waals surface area contributed by atoms with Gasteiger partial charge in [-0.2, -0.15) is 0 Å². The van der Waals surface area contributed by atoms with Gasteiger partial charge in [0.25, 0.3) is 0 Å². The Morgan fingerprint density at radius 3 is 2.11 bits per heavy atom. The van der Waals surface area contributed by atoms with Crippen LogP contribution in [0.5, 0.6) is 0 Å². The molecule has 0 fully saturated rings. The van der Waals surface area contributed by atoms with E-state index in [1.807, 2.05) is 0 Å². The van der Waals surface area contributed by atoms with Crippen molar-refractivity contribution in [2.75, 3.05) is 0 Å². The molecule has 2 rings (SSSR count). The van der Waals surface area contributed by atoms with Crippen molar-refractivity contribution < 1.29 is 12.8 Å². The number of benzene rings is 2. The van der Waals surface area contributed by atoms with Crippen LogP contribution >= 0.6 is 23.2 Å². The van der Waals surface area contributed by atoms with E-state index >= 15 is 0 Å². The van der Waals surface area contributed by atoms with Crippen LogP contribution in [0.1, 0.15) is 0 Å². The van der Waals surface area contributed by atoms with E-state index in [0.717, 1.165) is 12.1 Å². The van der Waals surface area contributed by atoms with Gasteiger partial charge in [0, 0.05) is 5.02 Å². The van der Waals surface area contributed by atoms with Gasteiger partial charge < -0.3 is 0 Å². The first-order valence-electron chi connectivity index (χ1n) is 4.87. The predicted octanol–water partition coefficient (Wildman–Crippen LogP) is 3.97. The molecule has 0 spiro atoms. The number of hydrogen-bond acceptors (Lipinski definition) is 2. The SMILES string of the molecule is O=S(=O)(c1ccc(F)cc1)c1ccc(Cl)cc1Cl. The molecular formula is C12H7Cl2FO2S. The summed E-state index contributed by atoms with van der Waals surface area (Å²) < 4.78 is 37.2. The summed E-state index contributed by atoms with van der Waals surface area (Å²) >= 11 is 11.6. The zero-order valence-corrected chi connectivity index (χ0v) is 11.2. The predicted molar refractivity (Wildman–Crippen MR) is 68.3 cm³/mol. The summed E-state index contributed by atoms with van der Waals surface area (Å²) in [4.78, 5) is -0.0757. The molecule has 0 unspecified atom stereocenters. The Bertz CT molecular complexity index is 682. The summed E-state index contributed by atoms with van der Waals surface area (Å²) in [5, 5.41) is 0.380. The molecule has 0 aliphatic carbocycles. The zero-order chi connectivity index (χ0) is 13.3. The normalized spacial score (nSPS) is 11.5. The van der Waals surface area contributed by atoms with Gasteiger partial charge in [-0.05, 0) is 42.5 Å². The molecule has 18 heavy (non-hydrogen) atoms. The molecule has 0 aliphatic heterocycles. The number of hydrogen-bond donors (Lipinski definition) is 0. The van der Waals surface area contributed by atoms with Crippen LogP contribution in [0.3, 0.4) is 0 Å². The first-order chi connectivity index (χ1) is 8.41. The van der Waals surface area contributed by atoms with Gasteiger partial charge in [0.2, 0.25) is 9.84 Å². The van der Waals surface area contributed by atoms with Crippen molar-refractivity contribution in [3.63, 3.8) is 0 Å². The quantitative estimate of drug-likeness (QED) is 0.787. The van der Waals surface area contributed by atoms with Crippen molar-refractivity contribution in [1.29, 1.82) is 0 Å². The molecule has 2 aromatic carbocycles. The molecule has 0 amide bonds. The van der Waals surface area contributed by atoms with E-state index in [4.69, 9.17) is 23.2 Å². The van der Waals surface area contributed by atoms with Crippen LogP contribution in [-0.2, 0) is 9.84 Å². The summed E-state index contributed by atoms with van der Waals surface area (Å²) in [6, 6.07) is 8.64. The minimum atomic E-state index is -3.76. The second kappa shape index (κ2) is 4.88. The summed E-state index contributed by atoms with van der Waals surface area (Å²) in [5.41, 5.74) is 0. The first-order valence-corrected chi connectivity index (χ1v) is 7.11. The minimum absolute atomic E-state index is 0.0203. The van der Waals surface area contributed by atoms with Gasteiger partial charge in [-0.25, -0.2) is 12.8 Å². The molecule has 0 bridgehead atoms. The number of rotatable bonds is 2. The van der Waals surface area contributed by atoms with Crippen molar-refractivity contribution in [3.8, 4) is 0 Å². The molecule has 0 saturated carbocycles. The standard InChI is InChI=1S/C12H7Cl2FO2S/c13-8-1-6-12(11(14)7-8)18(16,17)10-4-2-9(15)3-5-10/h1-7H. The Balaban J connectivity index is 2.58. The van der Waals surface area contributed by atoms with Gasteiger partial charge in [-0.1, -0.05) is 23.2 Å². The fourth-order valence-corrected chi connectivity index (χ4v) is 3.46. The Hall–Kier alpha value is -1.10. The lowest BCUT2D eigenvalue weighted by atomic mass is 10.3. The van der Waals surface area contributed by atoms with E-state index in [1.165, 1.54) is 30.3 Å². The molecule has 0 heterocycles. The van der Waals surface area contributed by atoms with Crippen LogP contribution in [-0.4, -0.2) is 8.42 Å². The van der Waals surface area contributed by atoms with Crippen LogP contribution < -0.4 is 0 Å². The summed E-state index contributed by atoms with van der Waals surface area (Å²) in [5.74, 6) is -0.504. The van der Waals surface area contributed by atoms with Gasteiger partial charge in [-0.3, -0.25) is 0 Å². The van der Waals surface area contributed by atoms with Gasteiger partial charge in [0.15, 0.2) is 0 Å². The van der Waals surface area contributed by atoms with Crippen LogP contribution in [0.25, 0.3) is 0 Å². The molecule has 0 aromatic heterocycles. The third-order valence-electron chi connectivity index (χ3n) is 2.31. The molecule has 0 radical (unpaired) electrons. The maximum atomic E-state index is 12.8. The van der Waals surface area contributed by atoms with E-state index in [0.29, 0.717) is 5.02 Å². The van der Waals surface area contributed by atoms with Crippen LogP contribution in [0, 0.1) is 5.82 Å². The zero-order valence-electron chi connectivity index (χ0n) is 8.90. The van der Waals surface area contributed by atoms with E-state index in [1.54, 1.807) is 0 Å². The lowest BCUT2D eigenvalue weighted by Gasteiger charge is -2.06. The molecule has 6 heteroatoms. The maximum absolute atomic E-state index is 12.8. The van der Waals surface area contributed by atoms with Gasteiger partial charge in [-0.15, -0.1) is 0 Å². The average Bonchev–Trinajstić information content (AvgIpc) is 2.29. The van der Waals surface area contributed by atoms with Crippen LogP contribution in [0.4, 0.5) is 4.39 Å². The number of sulfone groups is 1. The maximum Gasteiger partial charge on any atom is 0.208 e. The third-order valence-corrected chi connectivity index (χ3v) is 4.80. The lowest BCUT2D eigenvalue weighted by molar-refractivity contribution is 0.595. The smallest absolute Gasteiger partial charge is 0.208 e. The monoisotopic (exact) mass is 304 g/mol. The fraction of sp³-hybridized carbons (Fsp3) is 0. The first kappa shape index (κ1) is 13.3. The Labute approximate surface area is 114 Å². The average molecular weight is 305 g/mol. The van der Waals surface area contributed by atoms with E-state index < -0.39 is 15.7 Å². The van der Waals surface area contributed by atoms with Crippen molar-refractivity contribution in [3.05, 3.63) is 58.3 Å². The Kier molecular flexibility index (Phi) is 3.61. The minimum Gasteiger partial charge on any atom is -0.218 e. The highest BCUT2D eigenvalue weighted by molar-refractivity contribution is 7.91. The van der Waals surface area contributed by atoms with Crippen LogP contribution in [0.15, 0.2) is 52.3 Å². The van der Waals surface area contributed by atoms with Crippen molar-refractivity contribution in [2.45, 2.75) is 9.79 Å². The van der Waals surface area contributed by atoms with Gasteiger partial charge >= 0.3 is 0 Å².